The molecule has 0 spiro atoms. The molecular formula is C14H16N2O4. The van der Waals surface area contributed by atoms with Gasteiger partial charge in [-0.15, -0.1) is 5.75 Å². The summed E-state index contributed by atoms with van der Waals surface area (Å²) in [4.78, 5) is 23.8. The Hall–Kier alpha value is -1.95. The highest BCUT2D eigenvalue weighted by atomic mass is 16.6. The van der Waals surface area contributed by atoms with Crippen molar-refractivity contribution in [1.29, 1.82) is 0 Å². The van der Waals surface area contributed by atoms with Crippen molar-refractivity contribution >= 4 is 11.5 Å². The number of nitro groups is 1. The van der Waals surface area contributed by atoms with Crippen LogP contribution in [0.2, 0.25) is 0 Å². The molecule has 106 valence electrons. The van der Waals surface area contributed by atoms with Crippen molar-refractivity contribution in [1.82, 2.24) is 0 Å². The van der Waals surface area contributed by atoms with Crippen LogP contribution in [0.25, 0.3) is 0 Å². The van der Waals surface area contributed by atoms with E-state index >= 15 is 0 Å². The molecule has 3 heterocycles. The van der Waals surface area contributed by atoms with Gasteiger partial charge in [0.25, 0.3) is 5.69 Å². The lowest BCUT2D eigenvalue weighted by molar-refractivity contribution is -0.927. The number of benzene rings is 1. The van der Waals surface area contributed by atoms with Crippen LogP contribution in [0.5, 0.6) is 5.75 Å². The van der Waals surface area contributed by atoms with E-state index in [2.05, 4.69) is 0 Å². The Kier molecular flexibility index (Phi) is 3.17. The van der Waals surface area contributed by atoms with E-state index < -0.39 is 4.92 Å². The molecule has 0 aliphatic carbocycles. The third kappa shape index (κ3) is 2.16. The van der Waals surface area contributed by atoms with Gasteiger partial charge in [-0.2, -0.15) is 0 Å². The molecule has 0 aromatic heterocycles. The number of hydrogen-bond acceptors (Lipinski definition) is 4. The van der Waals surface area contributed by atoms with Gasteiger partial charge in [0.2, 0.25) is 0 Å². The Morgan fingerprint density at radius 3 is 2.60 bits per heavy atom. The van der Waals surface area contributed by atoms with E-state index in [1.165, 1.54) is 23.1 Å². The van der Waals surface area contributed by atoms with E-state index in [4.69, 9.17) is 0 Å². The van der Waals surface area contributed by atoms with Gasteiger partial charge >= 0.3 is 0 Å². The number of carbonyl (C=O) groups excluding carboxylic acids is 1. The van der Waals surface area contributed by atoms with Crippen molar-refractivity contribution in [2.75, 3.05) is 13.1 Å². The summed E-state index contributed by atoms with van der Waals surface area (Å²) in [5.74, 6) is 0.139. The van der Waals surface area contributed by atoms with Gasteiger partial charge in [0.15, 0.2) is 11.8 Å². The number of nitrogens with one attached hydrogen (secondary N) is 1. The zero-order chi connectivity index (χ0) is 14.3. The number of nitro benzene ring substituents is 1. The predicted molar refractivity (Wildman–Crippen MR) is 68.5 cm³/mol. The molecule has 20 heavy (non-hydrogen) atoms. The molecule has 3 aliphatic heterocycles. The van der Waals surface area contributed by atoms with E-state index in [-0.39, 0.29) is 29.2 Å². The van der Waals surface area contributed by atoms with Crippen LogP contribution in [-0.2, 0) is 11.2 Å². The molecule has 0 amide bonds. The van der Waals surface area contributed by atoms with Crippen LogP contribution in [0.1, 0.15) is 18.4 Å². The second-order valence-corrected chi connectivity index (χ2v) is 5.64. The number of hydrogen-bond donors (Lipinski definition) is 1. The molecular weight excluding hydrogens is 260 g/mol. The highest BCUT2D eigenvalue weighted by Crippen LogP contribution is 2.25. The molecule has 6 heteroatoms. The number of carbonyl (C=O) groups is 1. The quantitative estimate of drug-likeness (QED) is 0.593. The number of fused-ring (bicyclic) bond motifs is 3. The summed E-state index contributed by atoms with van der Waals surface area (Å²) in [6.45, 7) is 1.92. The van der Waals surface area contributed by atoms with Gasteiger partial charge in [-0.05, 0) is 5.56 Å². The molecule has 6 nitrogen and oxygen atoms in total. The fourth-order valence-electron chi connectivity index (χ4n) is 3.41. The third-order valence-corrected chi connectivity index (χ3v) is 4.55. The van der Waals surface area contributed by atoms with Crippen LogP contribution >= 0.6 is 0 Å². The summed E-state index contributed by atoms with van der Waals surface area (Å²) >= 11 is 0. The maximum absolute atomic E-state index is 12.3. The van der Waals surface area contributed by atoms with E-state index in [1.807, 2.05) is 0 Å². The first-order chi connectivity index (χ1) is 9.56. The summed E-state index contributed by atoms with van der Waals surface area (Å²) in [5.41, 5.74) is 0.301. The summed E-state index contributed by atoms with van der Waals surface area (Å²) < 4.78 is 0. The van der Waals surface area contributed by atoms with Gasteiger partial charge in [0, 0.05) is 37.3 Å². The highest BCUT2D eigenvalue weighted by Gasteiger charge is 2.44. The van der Waals surface area contributed by atoms with Crippen molar-refractivity contribution in [3.8, 4) is 5.75 Å². The van der Waals surface area contributed by atoms with E-state index in [0.717, 1.165) is 25.9 Å². The smallest absolute Gasteiger partial charge is 0.269 e. The first-order valence-corrected chi connectivity index (χ1v) is 6.89. The van der Waals surface area contributed by atoms with Gasteiger partial charge < -0.3 is 10.0 Å². The highest BCUT2D eigenvalue weighted by molar-refractivity contribution is 5.86. The Labute approximate surface area is 116 Å². The molecule has 4 rings (SSSR count). The number of nitrogens with zero attached hydrogens (tertiary/aromatic N) is 1. The Morgan fingerprint density at radius 2 is 2.00 bits per heavy atom. The molecule has 0 saturated carbocycles. The number of piperidine rings is 3. The maximum atomic E-state index is 12.3. The largest absolute Gasteiger partial charge is 0.872 e. The minimum absolute atomic E-state index is 0.0852. The molecule has 0 radical (unpaired) electrons. The van der Waals surface area contributed by atoms with Crippen molar-refractivity contribution in [2.45, 2.75) is 25.3 Å². The second kappa shape index (κ2) is 4.86. The van der Waals surface area contributed by atoms with Crippen LogP contribution in [0.15, 0.2) is 18.2 Å². The normalized spacial score (nSPS) is 28.6. The molecule has 1 N–H and O–H groups in total. The fourth-order valence-corrected chi connectivity index (χ4v) is 3.41. The predicted octanol–water partition coefficient (Wildman–Crippen LogP) is -0.543. The molecule has 1 aromatic rings. The minimum atomic E-state index is -0.509. The van der Waals surface area contributed by atoms with Crippen LogP contribution < -0.4 is 10.0 Å². The van der Waals surface area contributed by atoms with Crippen LogP contribution in [-0.4, -0.2) is 29.8 Å². The fraction of sp³-hybridized carbons (Fsp3) is 0.500. The van der Waals surface area contributed by atoms with Crippen molar-refractivity contribution < 1.29 is 19.7 Å². The van der Waals surface area contributed by atoms with Crippen molar-refractivity contribution in [3.05, 3.63) is 33.9 Å². The number of rotatable bonds is 3. The number of non-ortho nitro benzene ring substituents is 1. The molecule has 2 bridgehead atoms. The third-order valence-electron chi connectivity index (χ3n) is 4.55. The van der Waals surface area contributed by atoms with Crippen LogP contribution in [0, 0.1) is 16.0 Å². The molecule has 3 fully saturated rings. The first kappa shape index (κ1) is 13.1. The molecule has 0 unspecified atom stereocenters. The lowest BCUT2D eigenvalue weighted by Gasteiger charge is -2.41. The number of quaternary nitrogens is 1. The summed E-state index contributed by atoms with van der Waals surface area (Å²) in [6, 6.07) is 3.56. The topological polar surface area (TPSA) is 87.7 Å². The Balaban J connectivity index is 1.85. The maximum Gasteiger partial charge on any atom is 0.269 e. The lowest BCUT2D eigenvalue weighted by atomic mass is 9.80. The molecule has 3 aliphatic rings. The van der Waals surface area contributed by atoms with E-state index in [1.54, 1.807) is 0 Å². The van der Waals surface area contributed by atoms with Crippen molar-refractivity contribution in [3.63, 3.8) is 0 Å². The second-order valence-electron chi connectivity index (χ2n) is 5.64. The molecule has 3 saturated heterocycles. The average Bonchev–Trinajstić information content (AvgIpc) is 2.45. The summed E-state index contributed by atoms with van der Waals surface area (Å²) in [6.07, 6.45) is 2.19. The van der Waals surface area contributed by atoms with E-state index in [0.29, 0.717) is 12.0 Å². The lowest BCUT2D eigenvalue weighted by Crippen LogP contribution is -3.20. The number of ketones is 1. The number of Topliss-reactive ketones (excluding diaryl/α,β-unsaturated/α-hetero) is 1. The van der Waals surface area contributed by atoms with Gasteiger partial charge in [-0.3, -0.25) is 14.9 Å². The summed E-state index contributed by atoms with van der Waals surface area (Å²) in [7, 11) is 0. The zero-order valence-electron chi connectivity index (χ0n) is 11.0. The van der Waals surface area contributed by atoms with E-state index in [9.17, 15) is 20.0 Å². The average molecular weight is 276 g/mol. The minimum Gasteiger partial charge on any atom is -0.872 e. The standard InChI is InChI=1S/C14H16N2O4/c17-13-2-1-11(16(19)20)7-10(13)8-12-14(18)9-3-5-15(12)6-4-9/h1-2,7,9,12,17H,3-6,8H2/t12-/m0/s1. The van der Waals surface area contributed by atoms with Crippen LogP contribution in [0.3, 0.4) is 0 Å². The molecule has 1 aromatic carbocycles. The van der Waals surface area contributed by atoms with Crippen molar-refractivity contribution in [2.24, 2.45) is 5.92 Å². The van der Waals surface area contributed by atoms with Crippen LogP contribution in [0.4, 0.5) is 5.69 Å². The van der Waals surface area contributed by atoms with Gasteiger partial charge in [0.05, 0.1) is 18.0 Å². The van der Waals surface area contributed by atoms with Gasteiger partial charge in [-0.1, -0.05) is 6.07 Å². The SMILES string of the molecule is O=C1C2CC[NH+](CC2)[C@H]1Cc1cc([N+](=O)[O-])ccc1[O-]. The molecule has 1 atom stereocenters. The Bertz CT molecular complexity index is 564. The zero-order valence-corrected chi connectivity index (χ0v) is 11.0. The van der Waals surface area contributed by atoms with Gasteiger partial charge in [0.1, 0.15) is 0 Å². The van der Waals surface area contributed by atoms with Gasteiger partial charge in [-0.25, -0.2) is 0 Å². The monoisotopic (exact) mass is 276 g/mol. The summed E-state index contributed by atoms with van der Waals surface area (Å²) in [5, 5.41) is 22.6. The first-order valence-electron chi connectivity index (χ1n) is 6.89. The Morgan fingerprint density at radius 1 is 1.30 bits per heavy atom.